The molecular weight excluding hydrogens is 500 g/mol. The van der Waals surface area contributed by atoms with Crippen LogP contribution in [0.15, 0.2) is 48.5 Å². The van der Waals surface area contributed by atoms with Gasteiger partial charge in [-0.05, 0) is 55.5 Å². The van der Waals surface area contributed by atoms with Crippen molar-refractivity contribution in [1.82, 2.24) is 4.90 Å². The first-order valence-corrected chi connectivity index (χ1v) is 13.8. The van der Waals surface area contributed by atoms with Crippen LogP contribution in [0.2, 0.25) is 0 Å². The Balaban J connectivity index is 1.42. The monoisotopic (exact) mass is 540 g/mol. The summed E-state index contributed by atoms with van der Waals surface area (Å²) < 4.78 is 18.4. The number of hydrogen-bond acceptors (Lipinski definition) is 7. The number of nitrogens with zero attached hydrogens (tertiary/aromatic N) is 1. The van der Waals surface area contributed by atoms with Crippen LogP contribution in [0.25, 0.3) is 0 Å². The lowest BCUT2D eigenvalue weighted by Gasteiger charge is -2.38. The summed E-state index contributed by atoms with van der Waals surface area (Å²) in [5, 5.41) is 21.0. The van der Waals surface area contributed by atoms with E-state index in [1.54, 1.807) is 7.11 Å². The average molecular weight is 541 g/mol. The maximum absolute atomic E-state index is 12.2. The molecule has 2 aromatic carbocycles. The van der Waals surface area contributed by atoms with Gasteiger partial charge in [0.1, 0.15) is 0 Å². The summed E-state index contributed by atoms with van der Waals surface area (Å²) in [4.78, 5) is 25.3. The number of ether oxygens (including phenoxy) is 3. The van der Waals surface area contributed by atoms with E-state index in [1.165, 1.54) is 0 Å². The minimum absolute atomic E-state index is 0.00122. The third kappa shape index (κ3) is 8.58. The molecule has 0 saturated carbocycles. The van der Waals surface area contributed by atoms with Crippen LogP contribution in [-0.2, 0) is 30.4 Å². The molecule has 4 rings (SSSR count). The molecular formula is C30H40N2O7. The molecule has 9 heteroatoms. The van der Waals surface area contributed by atoms with E-state index in [1.807, 2.05) is 48.5 Å². The van der Waals surface area contributed by atoms with E-state index in [4.69, 9.17) is 19.3 Å². The number of aliphatic carboxylic acids is 1. The Labute approximate surface area is 230 Å². The molecule has 2 aliphatic rings. The fraction of sp³-hybridized carbons (Fsp3) is 0.533. The molecule has 0 aliphatic carbocycles. The molecule has 4 unspecified atom stereocenters. The second-order valence-electron chi connectivity index (χ2n) is 10.4. The number of carbonyl (C=O) groups excluding carboxylic acids is 1. The second-order valence-corrected chi connectivity index (χ2v) is 10.4. The first kappa shape index (κ1) is 29.2. The smallest absolute Gasteiger partial charge is 0.303 e. The molecule has 2 aromatic rings. The molecule has 0 spiro atoms. The fourth-order valence-corrected chi connectivity index (χ4v) is 5.32. The molecule has 2 heterocycles. The largest absolute Gasteiger partial charge is 0.481 e. The Morgan fingerprint density at radius 1 is 1.03 bits per heavy atom. The molecule has 4 atom stereocenters. The number of carboxylic acids is 1. The summed E-state index contributed by atoms with van der Waals surface area (Å²) in [5.74, 6) is -0.985. The van der Waals surface area contributed by atoms with Gasteiger partial charge in [0.2, 0.25) is 5.91 Å². The molecule has 0 aromatic heterocycles. The normalized spacial score (nSPS) is 23.5. The zero-order valence-corrected chi connectivity index (χ0v) is 22.6. The SMILES string of the molecule is COCC1CCCN1CC1CC(c2ccc(CO)cc2)OC(c2ccc(NC(=O)CCCCC(=O)O)cc2)O1. The highest BCUT2D eigenvalue weighted by Crippen LogP contribution is 2.39. The van der Waals surface area contributed by atoms with Crippen molar-refractivity contribution in [1.29, 1.82) is 0 Å². The molecule has 3 N–H and O–H groups in total. The maximum Gasteiger partial charge on any atom is 0.303 e. The minimum atomic E-state index is -0.847. The van der Waals surface area contributed by atoms with Crippen molar-refractivity contribution >= 4 is 17.6 Å². The number of anilines is 1. The first-order valence-electron chi connectivity index (χ1n) is 13.8. The van der Waals surface area contributed by atoms with Crippen LogP contribution in [-0.4, -0.2) is 65.9 Å². The second kappa shape index (κ2) is 14.5. The van der Waals surface area contributed by atoms with Gasteiger partial charge in [-0.15, -0.1) is 0 Å². The number of hydrogen-bond donors (Lipinski definition) is 3. The number of rotatable bonds is 13. The lowest BCUT2D eigenvalue weighted by atomic mass is 9.99. The predicted octanol–water partition coefficient (Wildman–Crippen LogP) is 4.42. The van der Waals surface area contributed by atoms with Crippen LogP contribution in [0.4, 0.5) is 5.69 Å². The van der Waals surface area contributed by atoms with Crippen LogP contribution < -0.4 is 5.32 Å². The molecule has 2 fully saturated rings. The number of nitrogens with one attached hydrogen (secondary N) is 1. The van der Waals surface area contributed by atoms with Crippen molar-refractivity contribution in [2.75, 3.05) is 32.1 Å². The van der Waals surface area contributed by atoms with E-state index in [-0.39, 0.29) is 37.6 Å². The summed E-state index contributed by atoms with van der Waals surface area (Å²) in [7, 11) is 1.75. The number of carbonyl (C=O) groups is 2. The number of amides is 1. The Bertz CT molecular complexity index is 1060. The van der Waals surface area contributed by atoms with Gasteiger partial charge >= 0.3 is 5.97 Å². The van der Waals surface area contributed by atoms with Gasteiger partial charge in [-0.1, -0.05) is 36.4 Å². The maximum atomic E-state index is 12.2. The van der Waals surface area contributed by atoms with Gasteiger partial charge in [-0.2, -0.15) is 0 Å². The molecule has 212 valence electrons. The van der Waals surface area contributed by atoms with E-state index >= 15 is 0 Å². The van der Waals surface area contributed by atoms with Crippen LogP contribution in [0.5, 0.6) is 0 Å². The van der Waals surface area contributed by atoms with Gasteiger partial charge in [0.25, 0.3) is 0 Å². The number of aliphatic hydroxyl groups is 1. The first-order chi connectivity index (χ1) is 18.9. The average Bonchev–Trinajstić information content (AvgIpc) is 3.38. The summed E-state index contributed by atoms with van der Waals surface area (Å²) in [6.45, 7) is 2.54. The van der Waals surface area contributed by atoms with Crippen LogP contribution in [0, 0.1) is 0 Å². The van der Waals surface area contributed by atoms with Gasteiger partial charge in [-0.3, -0.25) is 14.5 Å². The molecule has 39 heavy (non-hydrogen) atoms. The molecule has 0 radical (unpaired) electrons. The Kier molecular flexibility index (Phi) is 10.9. The van der Waals surface area contributed by atoms with Gasteiger partial charge in [0.05, 0.1) is 25.4 Å². The van der Waals surface area contributed by atoms with Crippen molar-refractivity contribution in [3.8, 4) is 0 Å². The van der Waals surface area contributed by atoms with Gasteiger partial charge in [0, 0.05) is 50.2 Å². The standard InChI is InChI=1S/C30H40N2O7/c1-37-20-25-5-4-16-32(25)18-26-17-27(22-10-8-21(19-33)9-11-22)39-30(38-26)23-12-14-24(15-13-23)31-28(34)6-2-3-7-29(35)36/h8-15,25-27,30,33H,2-7,16-20H2,1H3,(H,31,34)(H,35,36). The quantitative estimate of drug-likeness (QED) is 0.320. The van der Waals surface area contributed by atoms with E-state index in [2.05, 4.69) is 10.2 Å². The minimum Gasteiger partial charge on any atom is -0.481 e. The third-order valence-corrected chi connectivity index (χ3v) is 7.42. The fourth-order valence-electron chi connectivity index (χ4n) is 5.32. The van der Waals surface area contributed by atoms with Gasteiger partial charge in [0.15, 0.2) is 6.29 Å². The van der Waals surface area contributed by atoms with Gasteiger partial charge < -0.3 is 29.7 Å². The molecule has 9 nitrogen and oxygen atoms in total. The predicted molar refractivity (Wildman–Crippen MR) is 146 cm³/mol. The summed E-state index contributed by atoms with van der Waals surface area (Å²) in [6, 6.07) is 15.7. The van der Waals surface area contributed by atoms with Crippen molar-refractivity contribution in [2.45, 2.75) is 76.1 Å². The Morgan fingerprint density at radius 3 is 2.44 bits per heavy atom. The van der Waals surface area contributed by atoms with E-state index in [0.29, 0.717) is 31.2 Å². The summed E-state index contributed by atoms with van der Waals surface area (Å²) in [5.41, 5.74) is 3.45. The molecule has 2 aliphatic heterocycles. The van der Waals surface area contributed by atoms with E-state index in [9.17, 15) is 14.7 Å². The van der Waals surface area contributed by atoms with E-state index < -0.39 is 12.3 Å². The van der Waals surface area contributed by atoms with Crippen LogP contribution in [0.1, 0.15) is 74.0 Å². The van der Waals surface area contributed by atoms with E-state index in [0.717, 1.165) is 49.0 Å². The van der Waals surface area contributed by atoms with Crippen LogP contribution in [0.3, 0.4) is 0 Å². The molecule has 1 amide bonds. The lowest BCUT2D eigenvalue weighted by molar-refractivity contribution is -0.253. The van der Waals surface area contributed by atoms with Crippen LogP contribution >= 0.6 is 0 Å². The van der Waals surface area contributed by atoms with Crippen molar-refractivity contribution in [3.63, 3.8) is 0 Å². The summed E-state index contributed by atoms with van der Waals surface area (Å²) >= 11 is 0. The van der Waals surface area contributed by atoms with Crippen molar-refractivity contribution < 1.29 is 34.0 Å². The topological polar surface area (TPSA) is 118 Å². The number of carboxylic acid groups (broad SMARTS) is 1. The van der Waals surface area contributed by atoms with Gasteiger partial charge in [-0.25, -0.2) is 0 Å². The molecule has 0 bridgehead atoms. The number of unbranched alkanes of at least 4 members (excludes halogenated alkanes) is 1. The van der Waals surface area contributed by atoms with Crippen molar-refractivity contribution in [3.05, 3.63) is 65.2 Å². The van der Waals surface area contributed by atoms with Crippen molar-refractivity contribution in [2.24, 2.45) is 0 Å². The lowest BCUT2D eigenvalue weighted by Crippen LogP contribution is -2.42. The Morgan fingerprint density at radius 2 is 1.74 bits per heavy atom. The zero-order valence-electron chi connectivity index (χ0n) is 22.6. The number of likely N-dealkylation sites (tertiary alicyclic amines) is 1. The highest BCUT2D eigenvalue weighted by Gasteiger charge is 2.35. The number of benzene rings is 2. The molecule has 2 saturated heterocycles. The highest BCUT2D eigenvalue weighted by molar-refractivity contribution is 5.90. The summed E-state index contributed by atoms with van der Waals surface area (Å²) in [6.07, 6.45) is 3.61. The zero-order chi connectivity index (χ0) is 27.6. The number of methoxy groups -OCH3 is 1. The highest BCUT2D eigenvalue weighted by atomic mass is 16.7. The number of aliphatic hydroxyl groups excluding tert-OH is 1. The Hall–Kier alpha value is -2.82. The third-order valence-electron chi connectivity index (χ3n) is 7.42.